The Labute approximate surface area is 102 Å². The second kappa shape index (κ2) is 4.57. The van der Waals surface area contributed by atoms with Crippen LogP contribution in [0.5, 0.6) is 0 Å². The van der Waals surface area contributed by atoms with Gasteiger partial charge in [-0.05, 0) is 6.92 Å². The second-order valence-corrected chi connectivity index (χ2v) is 5.20. The highest BCUT2D eigenvalue weighted by molar-refractivity contribution is 7.99. The molecule has 5 nitrogen and oxygen atoms in total. The number of fused-ring (bicyclic) bond motifs is 1. The summed E-state index contributed by atoms with van der Waals surface area (Å²) in [5.41, 5.74) is 0.852. The Balaban J connectivity index is 2.55. The van der Waals surface area contributed by atoms with Crippen molar-refractivity contribution < 1.29 is 5.11 Å². The highest BCUT2D eigenvalue weighted by Crippen LogP contribution is 2.29. The van der Waals surface area contributed by atoms with Crippen molar-refractivity contribution in [1.29, 1.82) is 0 Å². The fraction of sp³-hybridized carbons (Fsp3) is 0.444. The van der Waals surface area contributed by atoms with E-state index < -0.39 is 0 Å². The van der Waals surface area contributed by atoms with Crippen molar-refractivity contribution >= 4 is 29.1 Å². The van der Waals surface area contributed by atoms with Gasteiger partial charge < -0.3 is 5.11 Å². The third-order valence-corrected chi connectivity index (χ3v) is 3.74. The number of thioether (sulfide) groups is 1. The first-order valence-electron chi connectivity index (χ1n) is 4.77. The van der Waals surface area contributed by atoms with Gasteiger partial charge in [0, 0.05) is 10.8 Å². The van der Waals surface area contributed by atoms with E-state index in [-0.39, 0.29) is 11.9 Å². The van der Waals surface area contributed by atoms with Gasteiger partial charge in [0.15, 0.2) is 0 Å². The van der Waals surface area contributed by atoms with E-state index in [1.165, 1.54) is 18.1 Å². The molecule has 86 valence electrons. The predicted molar refractivity (Wildman–Crippen MR) is 62.9 cm³/mol. The van der Waals surface area contributed by atoms with Crippen LogP contribution in [0.1, 0.15) is 12.5 Å². The zero-order chi connectivity index (χ0) is 11.7. The first-order valence-corrected chi connectivity index (χ1v) is 6.02. The highest BCUT2D eigenvalue weighted by Gasteiger charge is 2.15. The van der Waals surface area contributed by atoms with Crippen molar-refractivity contribution in [3.8, 4) is 0 Å². The summed E-state index contributed by atoms with van der Waals surface area (Å²) < 4.78 is 1.64. The van der Waals surface area contributed by atoms with Gasteiger partial charge in [-0.15, -0.1) is 11.8 Å². The molecule has 0 aliphatic rings. The Kier molecular flexibility index (Phi) is 3.32. The predicted octanol–water partition coefficient (Wildman–Crippen LogP) is 1.56. The van der Waals surface area contributed by atoms with Crippen molar-refractivity contribution in [3.63, 3.8) is 0 Å². The van der Waals surface area contributed by atoms with Crippen molar-refractivity contribution in [1.82, 2.24) is 19.6 Å². The smallest absolute Gasteiger partial charge is 0.254 e. The number of hydrogen-bond acceptors (Lipinski definition) is 5. The third kappa shape index (κ3) is 2.00. The molecule has 0 spiro atoms. The van der Waals surface area contributed by atoms with Crippen LogP contribution < -0.4 is 0 Å². The molecule has 7 heteroatoms. The molecule has 2 rings (SSSR count). The van der Waals surface area contributed by atoms with E-state index in [0.717, 1.165) is 10.6 Å². The quantitative estimate of drug-likeness (QED) is 0.669. The summed E-state index contributed by atoms with van der Waals surface area (Å²) in [6.45, 7) is 3.91. The molecule has 0 saturated heterocycles. The summed E-state index contributed by atoms with van der Waals surface area (Å²) in [6.07, 6.45) is 1.44. The van der Waals surface area contributed by atoms with E-state index in [9.17, 15) is 0 Å². The lowest BCUT2D eigenvalue weighted by Gasteiger charge is -2.11. The zero-order valence-corrected chi connectivity index (χ0v) is 10.5. The minimum absolute atomic E-state index is 0.0737. The van der Waals surface area contributed by atoms with Crippen molar-refractivity contribution in [3.05, 3.63) is 17.0 Å². The molecule has 0 aromatic carbocycles. The van der Waals surface area contributed by atoms with Crippen LogP contribution in [0.25, 0.3) is 5.78 Å². The molecule has 0 amide bonds. The molecule has 1 N–H and O–H groups in total. The summed E-state index contributed by atoms with van der Waals surface area (Å²) in [5.74, 6) is 0.475. The van der Waals surface area contributed by atoms with Crippen LogP contribution in [0.15, 0.2) is 11.4 Å². The third-order valence-electron chi connectivity index (χ3n) is 2.12. The Morgan fingerprint density at radius 1 is 1.62 bits per heavy atom. The van der Waals surface area contributed by atoms with E-state index in [4.69, 9.17) is 16.7 Å². The standard InChI is InChI=1S/C9H11ClN4OS/c1-5(3-15)16-8-6(2)7(10)13-9-11-4-12-14(8)9/h4-5,15H,3H2,1-2H3. The largest absolute Gasteiger partial charge is 0.395 e. The summed E-state index contributed by atoms with van der Waals surface area (Å²) in [7, 11) is 0. The minimum Gasteiger partial charge on any atom is -0.395 e. The normalized spacial score (nSPS) is 13.2. The van der Waals surface area contributed by atoms with Crippen molar-refractivity contribution in [2.75, 3.05) is 6.61 Å². The Morgan fingerprint density at radius 3 is 3.06 bits per heavy atom. The summed E-state index contributed by atoms with van der Waals surface area (Å²) in [6, 6.07) is 0. The van der Waals surface area contributed by atoms with E-state index in [2.05, 4.69) is 15.1 Å². The maximum atomic E-state index is 9.06. The van der Waals surface area contributed by atoms with Crippen molar-refractivity contribution in [2.24, 2.45) is 0 Å². The molecule has 0 aliphatic carbocycles. The second-order valence-electron chi connectivity index (χ2n) is 3.42. The van der Waals surface area contributed by atoms with Crippen LogP contribution in [-0.4, -0.2) is 36.5 Å². The van der Waals surface area contributed by atoms with Gasteiger partial charge in [-0.3, -0.25) is 0 Å². The molecule has 1 atom stereocenters. The van der Waals surface area contributed by atoms with Gasteiger partial charge in [-0.1, -0.05) is 18.5 Å². The summed E-state index contributed by atoms with van der Waals surface area (Å²) >= 11 is 7.51. The molecule has 1 unspecified atom stereocenters. The lowest BCUT2D eigenvalue weighted by atomic mass is 10.4. The van der Waals surface area contributed by atoms with Crippen LogP contribution in [0.4, 0.5) is 0 Å². The summed E-state index contributed by atoms with van der Waals surface area (Å²) in [4.78, 5) is 8.10. The molecule has 0 aliphatic heterocycles. The number of rotatable bonds is 3. The fourth-order valence-electron chi connectivity index (χ4n) is 1.24. The number of halogens is 1. The zero-order valence-electron chi connectivity index (χ0n) is 8.88. The first-order chi connectivity index (χ1) is 7.63. The number of aromatic nitrogens is 4. The van der Waals surface area contributed by atoms with Gasteiger partial charge in [-0.25, -0.2) is 0 Å². The SMILES string of the molecule is Cc1c(Cl)nc2ncnn2c1SC(C)CO. The lowest BCUT2D eigenvalue weighted by molar-refractivity contribution is 0.300. The van der Waals surface area contributed by atoms with Crippen LogP contribution in [-0.2, 0) is 0 Å². The van der Waals surface area contributed by atoms with E-state index >= 15 is 0 Å². The molecule has 0 saturated carbocycles. The van der Waals surface area contributed by atoms with Gasteiger partial charge in [0.2, 0.25) is 0 Å². The molecule has 0 fully saturated rings. The van der Waals surface area contributed by atoms with Gasteiger partial charge in [0.1, 0.15) is 16.5 Å². The first kappa shape index (κ1) is 11.6. The van der Waals surface area contributed by atoms with E-state index in [1.807, 2.05) is 13.8 Å². The monoisotopic (exact) mass is 258 g/mol. The number of aliphatic hydroxyl groups excluding tert-OH is 1. The average Bonchev–Trinajstić information content (AvgIpc) is 2.71. The molecular weight excluding hydrogens is 248 g/mol. The maximum absolute atomic E-state index is 9.06. The van der Waals surface area contributed by atoms with Crippen LogP contribution in [0.3, 0.4) is 0 Å². The number of hydrogen-bond donors (Lipinski definition) is 1. The maximum Gasteiger partial charge on any atom is 0.254 e. The molecule has 2 aromatic heterocycles. The number of nitrogens with zero attached hydrogens (tertiary/aromatic N) is 4. The van der Waals surface area contributed by atoms with Gasteiger partial charge in [0.25, 0.3) is 5.78 Å². The molecular formula is C9H11ClN4OS. The molecule has 16 heavy (non-hydrogen) atoms. The van der Waals surface area contributed by atoms with Crippen molar-refractivity contribution in [2.45, 2.75) is 24.1 Å². The average molecular weight is 259 g/mol. The van der Waals surface area contributed by atoms with Crippen LogP contribution >= 0.6 is 23.4 Å². The number of aliphatic hydroxyl groups is 1. The Morgan fingerprint density at radius 2 is 2.38 bits per heavy atom. The molecule has 2 aromatic rings. The molecule has 2 heterocycles. The Hall–Kier alpha value is -0.850. The van der Waals surface area contributed by atoms with Gasteiger partial charge in [-0.2, -0.15) is 19.6 Å². The topological polar surface area (TPSA) is 63.3 Å². The fourth-order valence-corrected chi connectivity index (χ4v) is 2.42. The van der Waals surface area contributed by atoms with E-state index in [1.54, 1.807) is 4.52 Å². The van der Waals surface area contributed by atoms with E-state index in [0.29, 0.717) is 10.9 Å². The Bertz CT molecular complexity index is 515. The highest BCUT2D eigenvalue weighted by atomic mass is 35.5. The van der Waals surface area contributed by atoms with Gasteiger partial charge >= 0.3 is 0 Å². The lowest BCUT2D eigenvalue weighted by Crippen LogP contribution is -2.07. The minimum atomic E-state index is 0.0737. The van der Waals surface area contributed by atoms with Gasteiger partial charge in [0.05, 0.1) is 6.61 Å². The van der Waals surface area contributed by atoms with Crippen LogP contribution in [0, 0.1) is 6.92 Å². The summed E-state index contributed by atoms with van der Waals surface area (Å²) in [5, 5.41) is 14.5. The molecule has 0 radical (unpaired) electrons. The molecule has 0 bridgehead atoms. The van der Waals surface area contributed by atoms with Crippen LogP contribution in [0.2, 0.25) is 5.15 Å².